The van der Waals surface area contributed by atoms with Crippen LogP contribution in [0.2, 0.25) is 0 Å². The summed E-state index contributed by atoms with van der Waals surface area (Å²) in [6.45, 7) is 3.52. The molecule has 88 valence electrons. The molecule has 0 saturated heterocycles. The monoisotopic (exact) mass is 220 g/mol. The highest BCUT2D eigenvalue weighted by atomic mass is 16.3. The molecule has 1 unspecified atom stereocenters. The van der Waals surface area contributed by atoms with Gasteiger partial charge in [0.1, 0.15) is 0 Å². The average Bonchev–Trinajstić information content (AvgIpc) is 3.03. The zero-order valence-electron chi connectivity index (χ0n) is 9.76. The van der Waals surface area contributed by atoms with Gasteiger partial charge in [-0.25, -0.2) is 0 Å². The Balaban J connectivity index is 1.96. The van der Waals surface area contributed by atoms with Crippen LogP contribution in [0.5, 0.6) is 0 Å². The summed E-state index contributed by atoms with van der Waals surface area (Å²) < 4.78 is 0. The normalized spacial score (nSPS) is 17.7. The molecule has 3 heteroatoms. The van der Waals surface area contributed by atoms with E-state index in [1.54, 1.807) is 0 Å². The minimum absolute atomic E-state index is 0.255. The van der Waals surface area contributed by atoms with E-state index < -0.39 is 0 Å². The molecule has 0 bridgehead atoms. The van der Waals surface area contributed by atoms with Crippen LogP contribution < -0.4 is 5.73 Å². The molecule has 1 fully saturated rings. The van der Waals surface area contributed by atoms with Crippen molar-refractivity contribution < 1.29 is 5.11 Å². The zero-order valence-corrected chi connectivity index (χ0v) is 9.76. The number of nitrogens with zero attached hydrogens (tertiary/aromatic N) is 1. The number of rotatable bonds is 5. The van der Waals surface area contributed by atoms with Gasteiger partial charge in [0.25, 0.3) is 0 Å². The number of hydrogen-bond acceptors (Lipinski definition) is 3. The summed E-state index contributed by atoms with van der Waals surface area (Å²) in [5.74, 6) is 0. The lowest BCUT2D eigenvalue weighted by Crippen LogP contribution is -2.32. The number of benzene rings is 1. The zero-order chi connectivity index (χ0) is 11.5. The molecule has 0 aliphatic heterocycles. The van der Waals surface area contributed by atoms with Gasteiger partial charge in [-0.05, 0) is 37.5 Å². The summed E-state index contributed by atoms with van der Waals surface area (Å²) in [7, 11) is 0. The van der Waals surface area contributed by atoms with E-state index in [0.717, 1.165) is 18.8 Å². The second-order valence-corrected chi connectivity index (χ2v) is 4.75. The Morgan fingerprint density at radius 2 is 2.00 bits per heavy atom. The summed E-state index contributed by atoms with van der Waals surface area (Å²) in [6.07, 6.45) is 2.28. The van der Waals surface area contributed by atoms with Crippen LogP contribution in [-0.2, 0) is 6.54 Å². The Labute approximate surface area is 96.9 Å². The molecule has 0 aromatic heterocycles. The standard InChI is InChI=1S/C13H20N2O/c1-10(16)8-15(13-6-7-13)9-11-2-4-12(14)5-3-11/h2-5,10,13,16H,6-9,14H2,1H3. The fraction of sp³-hybridized carbons (Fsp3) is 0.538. The maximum Gasteiger partial charge on any atom is 0.0639 e. The molecule has 0 amide bonds. The molecular weight excluding hydrogens is 200 g/mol. The molecule has 3 nitrogen and oxygen atoms in total. The van der Waals surface area contributed by atoms with E-state index in [9.17, 15) is 5.11 Å². The van der Waals surface area contributed by atoms with Gasteiger partial charge in [-0.2, -0.15) is 0 Å². The van der Waals surface area contributed by atoms with Crippen molar-refractivity contribution in [1.82, 2.24) is 4.90 Å². The van der Waals surface area contributed by atoms with Gasteiger partial charge in [-0.1, -0.05) is 12.1 Å². The average molecular weight is 220 g/mol. The molecule has 2 rings (SSSR count). The van der Waals surface area contributed by atoms with Crippen LogP contribution in [0.15, 0.2) is 24.3 Å². The van der Waals surface area contributed by atoms with Gasteiger partial charge in [-0.3, -0.25) is 4.90 Å². The lowest BCUT2D eigenvalue weighted by atomic mass is 10.2. The van der Waals surface area contributed by atoms with E-state index in [0.29, 0.717) is 6.04 Å². The quantitative estimate of drug-likeness (QED) is 0.741. The fourth-order valence-electron chi connectivity index (χ4n) is 1.98. The molecule has 0 spiro atoms. The van der Waals surface area contributed by atoms with Crippen molar-refractivity contribution in [1.29, 1.82) is 0 Å². The first-order chi connectivity index (χ1) is 7.65. The van der Waals surface area contributed by atoms with Crippen LogP contribution >= 0.6 is 0 Å². The summed E-state index contributed by atoms with van der Waals surface area (Å²) in [4.78, 5) is 2.36. The summed E-state index contributed by atoms with van der Waals surface area (Å²) in [5.41, 5.74) is 7.73. The van der Waals surface area contributed by atoms with Crippen molar-refractivity contribution in [2.45, 2.75) is 38.5 Å². The first-order valence-corrected chi connectivity index (χ1v) is 5.91. The van der Waals surface area contributed by atoms with Crippen molar-refractivity contribution in [3.8, 4) is 0 Å². The third-order valence-electron chi connectivity index (χ3n) is 2.93. The predicted octanol–water partition coefficient (Wildman–Crippen LogP) is 1.61. The molecule has 1 aromatic carbocycles. The highest BCUT2D eigenvalue weighted by Gasteiger charge is 2.29. The van der Waals surface area contributed by atoms with Crippen LogP contribution in [0, 0.1) is 0 Å². The minimum atomic E-state index is -0.255. The predicted molar refractivity (Wildman–Crippen MR) is 66.0 cm³/mol. The van der Waals surface area contributed by atoms with Crippen molar-refractivity contribution in [3.05, 3.63) is 29.8 Å². The molecule has 0 heterocycles. The number of aliphatic hydroxyl groups excluding tert-OH is 1. The summed E-state index contributed by atoms with van der Waals surface area (Å²) >= 11 is 0. The second kappa shape index (κ2) is 4.85. The lowest BCUT2D eigenvalue weighted by Gasteiger charge is -2.23. The van der Waals surface area contributed by atoms with Gasteiger partial charge in [0.05, 0.1) is 6.10 Å². The van der Waals surface area contributed by atoms with E-state index in [4.69, 9.17) is 5.73 Å². The van der Waals surface area contributed by atoms with E-state index in [-0.39, 0.29) is 6.10 Å². The molecule has 1 saturated carbocycles. The maximum absolute atomic E-state index is 9.46. The van der Waals surface area contributed by atoms with Gasteiger partial charge in [-0.15, -0.1) is 0 Å². The van der Waals surface area contributed by atoms with E-state index in [2.05, 4.69) is 17.0 Å². The first kappa shape index (κ1) is 11.4. The van der Waals surface area contributed by atoms with Crippen LogP contribution in [0.1, 0.15) is 25.3 Å². The van der Waals surface area contributed by atoms with Crippen LogP contribution in [0.25, 0.3) is 0 Å². The van der Waals surface area contributed by atoms with Gasteiger partial charge in [0, 0.05) is 24.8 Å². The first-order valence-electron chi connectivity index (χ1n) is 5.91. The third-order valence-corrected chi connectivity index (χ3v) is 2.93. The summed E-state index contributed by atoms with van der Waals surface area (Å²) in [5, 5.41) is 9.46. The number of hydrogen-bond donors (Lipinski definition) is 2. The SMILES string of the molecule is CC(O)CN(Cc1ccc(N)cc1)C1CC1. The Kier molecular flexibility index (Phi) is 3.46. The van der Waals surface area contributed by atoms with Gasteiger partial charge in [0.15, 0.2) is 0 Å². The van der Waals surface area contributed by atoms with E-state index in [1.807, 2.05) is 19.1 Å². The van der Waals surface area contributed by atoms with Crippen molar-refractivity contribution >= 4 is 5.69 Å². The van der Waals surface area contributed by atoms with Gasteiger partial charge < -0.3 is 10.8 Å². The van der Waals surface area contributed by atoms with Crippen LogP contribution in [0.3, 0.4) is 0 Å². The molecule has 0 radical (unpaired) electrons. The second-order valence-electron chi connectivity index (χ2n) is 4.75. The molecule has 1 aliphatic carbocycles. The minimum Gasteiger partial charge on any atom is -0.399 e. The molecule has 1 atom stereocenters. The highest BCUT2D eigenvalue weighted by Crippen LogP contribution is 2.28. The smallest absolute Gasteiger partial charge is 0.0639 e. The Morgan fingerprint density at radius 3 is 2.50 bits per heavy atom. The van der Waals surface area contributed by atoms with Crippen LogP contribution in [0.4, 0.5) is 5.69 Å². The largest absolute Gasteiger partial charge is 0.399 e. The number of nitrogens with two attached hydrogens (primary N) is 1. The highest BCUT2D eigenvalue weighted by molar-refractivity contribution is 5.39. The topological polar surface area (TPSA) is 49.5 Å². The molecule has 1 aliphatic rings. The number of aliphatic hydroxyl groups is 1. The van der Waals surface area contributed by atoms with Gasteiger partial charge >= 0.3 is 0 Å². The Bertz CT molecular complexity index is 330. The molecular formula is C13H20N2O. The maximum atomic E-state index is 9.46. The van der Waals surface area contributed by atoms with Crippen molar-refractivity contribution in [2.75, 3.05) is 12.3 Å². The Hall–Kier alpha value is -1.06. The van der Waals surface area contributed by atoms with Crippen molar-refractivity contribution in [2.24, 2.45) is 0 Å². The van der Waals surface area contributed by atoms with Crippen molar-refractivity contribution in [3.63, 3.8) is 0 Å². The Morgan fingerprint density at radius 1 is 1.38 bits per heavy atom. The third kappa shape index (κ3) is 3.22. The number of nitrogen functional groups attached to an aromatic ring is 1. The molecule has 1 aromatic rings. The molecule has 16 heavy (non-hydrogen) atoms. The number of anilines is 1. The fourth-order valence-corrected chi connectivity index (χ4v) is 1.98. The van der Waals surface area contributed by atoms with Crippen LogP contribution in [-0.4, -0.2) is 28.7 Å². The van der Waals surface area contributed by atoms with Gasteiger partial charge in [0.2, 0.25) is 0 Å². The lowest BCUT2D eigenvalue weighted by molar-refractivity contribution is 0.117. The van der Waals surface area contributed by atoms with E-state index in [1.165, 1.54) is 18.4 Å². The van der Waals surface area contributed by atoms with E-state index >= 15 is 0 Å². The molecule has 3 N–H and O–H groups in total. The summed E-state index contributed by atoms with van der Waals surface area (Å²) in [6, 6.07) is 8.66.